The van der Waals surface area contributed by atoms with Gasteiger partial charge in [-0.25, -0.2) is 4.39 Å². The van der Waals surface area contributed by atoms with Crippen LogP contribution in [-0.4, -0.2) is 35.7 Å². The van der Waals surface area contributed by atoms with Crippen LogP contribution in [0, 0.1) is 5.82 Å². The van der Waals surface area contributed by atoms with Gasteiger partial charge >= 0.3 is 0 Å². The zero-order valence-corrected chi connectivity index (χ0v) is 13.6. The van der Waals surface area contributed by atoms with Crippen molar-refractivity contribution in [3.05, 3.63) is 59.9 Å². The van der Waals surface area contributed by atoms with E-state index in [2.05, 4.69) is 4.90 Å². The molecule has 0 saturated carbocycles. The number of hydrogen-bond donors (Lipinski definition) is 1. The van der Waals surface area contributed by atoms with Gasteiger partial charge in [0.05, 0.1) is 13.2 Å². The largest absolute Gasteiger partial charge is 0.361 e. The summed E-state index contributed by atoms with van der Waals surface area (Å²) < 4.78 is 19.7. The molecule has 126 valence electrons. The molecule has 4 rings (SSSR count). The number of rotatable bonds is 2. The van der Waals surface area contributed by atoms with Crippen molar-refractivity contribution in [2.75, 3.05) is 19.7 Å². The summed E-state index contributed by atoms with van der Waals surface area (Å²) in [6.07, 6.45) is 3.56. The van der Waals surface area contributed by atoms with Gasteiger partial charge in [0.15, 0.2) is 0 Å². The number of morpholine rings is 1. The molecular formula is C20H22FNO2. The number of piperidine rings is 1. The molecule has 2 aliphatic rings. The van der Waals surface area contributed by atoms with Gasteiger partial charge in [0.2, 0.25) is 5.79 Å². The van der Waals surface area contributed by atoms with Crippen LogP contribution in [0.1, 0.15) is 24.8 Å². The Balaban J connectivity index is 1.57. The zero-order valence-electron chi connectivity index (χ0n) is 13.6. The van der Waals surface area contributed by atoms with E-state index < -0.39 is 5.79 Å². The van der Waals surface area contributed by atoms with E-state index in [0.29, 0.717) is 24.8 Å². The third-order valence-corrected chi connectivity index (χ3v) is 5.20. The molecule has 2 heterocycles. The second-order valence-corrected chi connectivity index (χ2v) is 6.77. The maximum absolute atomic E-state index is 13.9. The molecule has 0 spiro atoms. The van der Waals surface area contributed by atoms with E-state index in [-0.39, 0.29) is 5.82 Å². The Labute approximate surface area is 141 Å². The summed E-state index contributed by atoms with van der Waals surface area (Å²) >= 11 is 0. The molecule has 0 amide bonds. The van der Waals surface area contributed by atoms with Gasteiger partial charge in [0.25, 0.3) is 0 Å². The molecule has 0 radical (unpaired) electrons. The number of aliphatic hydroxyl groups is 1. The van der Waals surface area contributed by atoms with Gasteiger partial charge in [0, 0.05) is 17.2 Å². The molecule has 0 bridgehead atoms. The highest BCUT2D eigenvalue weighted by Crippen LogP contribution is 2.34. The van der Waals surface area contributed by atoms with Crippen LogP contribution in [0.5, 0.6) is 0 Å². The number of hydrogen-bond acceptors (Lipinski definition) is 3. The molecule has 2 aromatic rings. The molecule has 0 aromatic heterocycles. The van der Waals surface area contributed by atoms with E-state index >= 15 is 0 Å². The highest BCUT2D eigenvalue weighted by Gasteiger charge is 2.41. The summed E-state index contributed by atoms with van der Waals surface area (Å²) in [6.45, 7) is 2.08. The average Bonchev–Trinajstić information content (AvgIpc) is 2.62. The fourth-order valence-corrected chi connectivity index (χ4v) is 3.79. The van der Waals surface area contributed by atoms with Crippen LogP contribution in [0.4, 0.5) is 4.39 Å². The van der Waals surface area contributed by atoms with Crippen molar-refractivity contribution < 1.29 is 14.2 Å². The predicted octanol–water partition coefficient (Wildman–Crippen LogP) is 3.52. The monoisotopic (exact) mass is 327 g/mol. The SMILES string of the molecule is OC1(c2ccc(-c3ccccc3F)cc2)CN2CCCCC2CO1. The molecule has 1 N–H and O–H groups in total. The van der Waals surface area contributed by atoms with Crippen molar-refractivity contribution in [1.82, 2.24) is 4.90 Å². The molecule has 2 aromatic carbocycles. The Morgan fingerprint density at radius 3 is 2.67 bits per heavy atom. The van der Waals surface area contributed by atoms with Gasteiger partial charge in [-0.15, -0.1) is 0 Å². The number of fused-ring (bicyclic) bond motifs is 1. The molecule has 0 aliphatic carbocycles. The molecule has 4 heteroatoms. The fourth-order valence-electron chi connectivity index (χ4n) is 3.79. The maximum Gasteiger partial charge on any atom is 0.205 e. The first kappa shape index (κ1) is 15.8. The van der Waals surface area contributed by atoms with E-state index in [1.54, 1.807) is 12.1 Å². The lowest BCUT2D eigenvalue weighted by Gasteiger charge is -2.46. The highest BCUT2D eigenvalue weighted by atomic mass is 19.1. The van der Waals surface area contributed by atoms with E-state index in [1.807, 2.05) is 30.3 Å². The Morgan fingerprint density at radius 2 is 1.88 bits per heavy atom. The number of benzene rings is 2. The van der Waals surface area contributed by atoms with E-state index in [4.69, 9.17) is 4.74 Å². The van der Waals surface area contributed by atoms with Gasteiger partial charge in [-0.1, -0.05) is 48.9 Å². The van der Waals surface area contributed by atoms with Crippen molar-refractivity contribution in [3.8, 4) is 11.1 Å². The van der Waals surface area contributed by atoms with Crippen LogP contribution >= 0.6 is 0 Å². The Hall–Kier alpha value is -1.75. The van der Waals surface area contributed by atoms with E-state index in [9.17, 15) is 9.50 Å². The van der Waals surface area contributed by atoms with Crippen LogP contribution in [0.15, 0.2) is 48.5 Å². The molecule has 2 saturated heterocycles. The van der Waals surface area contributed by atoms with Crippen molar-refractivity contribution in [2.24, 2.45) is 0 Å². The smallest absolute Gasteiger partial charge is 0.205 e. The summed E-state index contributed by atoms with van der Waals surface area (Å²) in [4.78, 5) is 2.33. The fraction of sp³-hybridized carbons (Fsp3) is 0.400. The van der Waals surface area contributed by atoms with Gasteiger partial charge < -0.3 is 9.84 Å². The van der Waals surface area contributed by atoms with Crippen LogP contribution in [0.3, 0.4) is 0 Å². The normalized spacial score (nSPS) is 27.7. The van der Waals surface area contributed by atoms with Crippen LogP contribution in [-0.2, 0) is 10.5 Å². The first-order valence-electron chi connectivity index (χ1n) is 8.61. The number of ether oxygens (including phenoxy) is 1. The van der Waals surface area contributed by atoms with Crippen molar-refractivity contribution in [2.45, 2.75) is 31.1 Å². The molecule has 24 heavy (non-hydrogen) atoms. The lowest BCUT2D eigenvalue weighted by Crippen LogP contribution is -2.56. The third-order valence-electron chi connectivity index (χ3n) is 5.20. The average molecular weight is 327 g/mol. The van der Waals surface area contributed by atoms with Crippen molar-refractivity contribution >= 4 is 0 Å². The Bertz CT molecular complexity index is 718. The number of nitrogens with zero attached hydrogens (tertiary/aromatic N) is 1. The second kappa shape index (κ2) is 6.28. The minimum absolute atomic E-state index is 0.242. The topological polar surface area (TPSA) is 32.7 Å². The summed E-state index contributed by atoms with van der Waals surface area (Å²) in [7, 11) is 0. The molecule has 2 aliphatic heterocycles. The quantitative estimate of drug-likeness (QED) is 0.916. The van der Waals surface area contributed by atoms with Crippen LogP contribution < -0.4 is 0 Å². The summed E-state index contributed by atoms with van der Waals surface area (Å²) in [5, 5.41) is 11.0. The molecule has 2 fully saturated rings. The van der Waals surface area contributed by atoms with Crippen LogP contribution in [0.2, 0.25) is 0 Å². The predicted molar refractivity (Wildman–Crippen MR) is 90.9 cm³/mol. The maximum atomic E-state index is 13.9. The minimum Gasteiger partial charge on any atom is -0.361 e. The van der Waals surface area contributed by atoms with Gasteiger partial charge in [0.1, 0.15) is 5.82 Å². The summed E-state index contributed by atoms with van der Waals surface area (Å²) in [5.41, 5.74) is 2.09. The lowest BCUT2D eigenvalue weighted by molar-refractivity contribution is -0.264. The first-order chi connectivity index (χ1) is 11.7. The van der Waals surface area contributed by atoms with Gasteiger partial charge in [-0.2, -0.15) is 0 Å². The lowest BCUT2D eigenvalue weighted by atomic mass is 9.95. The number of halogens is 1. The molecule has 2 atom stereocenters. The second-order valence-electron chi connectivity index (χ2n) is 6.77. The van der Waals surface area contributed by atoms with Crippen molar-refractivity contribution in [3.63, 3.8) is 0 Å². The zero-order chi connectivity index (χ0) is 16.6. The molecule has 3 nitrogen and oxygen atoms in total. The molecule has 2 unspecified atom stereocenters. The standard InChI is InChI=1S/C20H22FNO2/c21-19-7-2-1-6-18(19)15-8-10-16(11-9-15)20(23)14-22-12-4-3-5-17(22)13-24-20/h1-2,6-11,17,23H,3-5,12-14H2. The van der Waals surface area contributed by atoms with E-state index in [1.165, 1.54) is 18.9 Å². The summed E-state index contributed by atoms with van der Waals surface area (Å²) in [6, 6.07) is 14.5. The highest BCUT2D eigenvalue weighted by molar-refractivity contribution is 5.64. The van der Waals surface area contributed by atoms with Gasteiger partial charge in [-0.05, 0) is 31.0 Å². The third kappa shape index (κ3) is 2.86. The van der Waals surface area contributed by atoms with Crippen molar-refractivity contribution in [1.29, 1.82) is 0 Å². The first-order valence-corrected chi connectivity index (χ1v) is 8.61. The summed E-state index contributed by atoms with van der Waals surface area (Å²) in [5.74, 6) is -1.52. The van der Waals surface area contributed by atoms with E-state index in [0.717, 1.165) is 24.1 Å². The Morgan fingerprint density at radius 1 is 1.08 bits per heavy atom. The Kier molecular flexibility index (Phi) is 4.12. The molecular weight excluding hydrogens is 305 g/mol. The minimum atomic E-state index is -1.28. The van der Waals surface area contributed by atoms with Gasteiger partial charge in [-0.3, -0.25) is 4.90 Å². The van der Waals surface area contributed by atoms with Crippen LogP contribution in [0.25, 0.3) is 11.1 Å².